The Balaban J connectivity index is 2.27. The van der Waals surface area contributed by atoms with E-state index >= 15 is 0 Å². The first-order valence-electron chi connectivity index (χ1n) is 6.27. The van der Waals surface area contributed by atoms with E-state index in [0.717, 1.165) is 13.0 Å². The molecule has 0 amide bonds. The number of hydrogen-bond donors (Lipinski definition) is 3. The van der Waals surface area contributed by atoms with Crippen molar-refractivity contribution >= 4 is 11.9 Å². The summed E-state index contributed by atoms with van der Waals surface area (Å²) in [4.78, 5) is 23.2. The molecule has 1 atom stereocenters. The molecule has 0 aromatic heterocycles. The predicted molar refractivity (Wildman–Crippen MR) is 69.7 cm³/mol. The quantitative estimate of drug-likeness (QED) is 0.405. The minimum absolute atomic E-state index is 0.107. The zero-order valence-corrected chi connectivity index (χ0v) is 10.8. The number of hydrogen-bond acceptors (Lipinski definition) is 6. The maximum absolute atomic E-state index is 12.0. The van der Waals surface area contributed by atoms with E-state index in [4.69, 9.17) is 20.3 Å². The monoisotopic (exact) mass is 280 g/mol. The highest BCUT2D eigenvalue weighted by molar-refractivity contribution is 5.93. The number of carbonyl (C=O) groups excluding carboxylic acids is 1. The molecule has 0 bridgehead atoms. The van der Waals surface area contributed by atoms with E-state index in [1.54, 1.807) is 0 Å². The lowest BCUT2D eigenvalue weighted by Crippen LogP contribution is -2.34. The molecule has 1 heterocycles. The molecule has 7 nitrogen and oxygen atoms in total. The third-order valence-electron chi connectivity index (χ3n) is 3.00. The fourth-order valence-corrected chi connectivity index (χ4v) is 2.05. The van der Waals surface area contributed by atoms with Crippen molar-refractivity contribution in [2.45, 2.75) is 18.9 Å². The van der Waals surface area contributed by atoms with Crippen LogP contribution in [0.4, 0.5) is 0 Å². The normalized spacial score (nSPS) is 17.8. The maximum Gasteiger partial charge on any atom is 0.339 e. The van der Waals surface area contributed by atoms with Crippen molar-refractivity contribution in [1.29, 1.82) is 0 Å². The van der Waals surface area contributed by atoms with Crippen molar-refractivity contribution in [2.24, 2.45) is 5.73 Å². The van der Waals surface area contributed by atoms with Crippen LogP contribution in [-0.2, 0) is 4.79 Å². The van der Waals surface area contributed by atoms with E-state index in [2.05, 4.69) is 5.32 Å². The third kappa shape index (κ3) is 3.06. The summed E-state index contributed by atoms with van der Waals surface area (Å²) >= 11 is 0. The summed E-state index contributed by atoms with van der Waals surface area (Å²) in [6.07, 6.45) is 1.55. The van der Waals surface area contributed by atoms with E-state index in [0.29, 0.717) is 6.42 Å². The standard InChI is InChI=1S/C13H16N2O5/c14-7-19-10-5-1-3-8(12(16)17)11(10)20-13(18)9-4-2-6-15-9/h1,3,5,9,15H,2,4,6-7,14H2,(H,16,17). The second kappa shape index (κ2) is 6.36. The fraction of sp³-hybridized carbons (Fsp3) is 0.385. The van der Waals surface area contributed by atoms with E-state index in [1.807, 2.05) is 0 Å². The highest BCUT2D eigenvalue weighted by Gasteiger charge is 2.27. The second-order valence-corrected chi connectivity index (χ2v) is 4.32. The molecule has 2 rings (SSSR count). The predicted octanol–water partition coefficient (Wildman–Crippen LogP) is 0.337. The molecule has 0 radical (unpaired) electrons. The summed E-state index contributed by atoms with van der Waals surface area (Å²) in [5.41, 5.74) is 5.15. The molecule has 0 spiro atoms. The lowest BCUT2D eigenvalue weighted by molar-refractivity contribution is -0.136. The minimum Gasteiger partial charge on any atom is -0.478 e. The molecule has 0 aliphatic carbocycles. The van der Waals surface area contributed by atoms with Gasteiger partial charge < -0.3 is 19.9 Å². The Bertz CT molecular complexity index is 511. The Kier molecular flexibility index (Phi) is 4.54. The number of carboxylic acids is 1. The van der Waals surface area contributed by atoms with Crippen LogP contribution in [0.1, 0.15) is 23.2 Å². The molecule has 1 aliphatic rings. The Labute approximate surface area is 115 Å². The van der Waals surface area contributed by atoms with E-state index in [9.17, 15) is 9.59 Å². The maximum atomic E-state index is 12.0. The van der Waals surface area contributed by atoms with Gasteiger partial charge in [-0.05, 0) is 31.5 Å². The molecule has 1 unspecified atom stereocenters. The zero-order chi connectivity index (χ0) is 14.5. The number of carbonyl (C=O) groups is 2. The van der Waals surface area contributed by atoms with Gasteiger partial charge in [0.25, 0.3) is 0 Å². The summed E-state index contributed by atoms with van der Waals surface area (Å²) in [5.74, 6) is -1.68. The van der Waals surface area contributed by atoms with Gasteiger partial charge in [0.1, 0.15) is 18.3 Å². The molecular weight excluding hydrogens is 264 g/mol. The van der Waals surface area contributed by atoms with Crippen LogP contribution in [0.5, 0.6) is 11.5 Å². The van der Waals surface area contributed by atoms with Crippen molar-refractivity contribution in [3.8, 4) is 11.5 Å². The number of esters is 1. The molecular formula is C13H16N2O5. The van der Waals surface area contributed by atoms with Gasteiger partial charge >= 0.3 is 11.9 Å². The molecule has 20 heavy (non-hydrogen) atoms. The molecule has 1 aromatic rings. The topological polar surface area (TPSA) is 111 Å². The van der Waals surface area contributed by atoms with Gasteiger partial charge in [0.2, 0.25) is 0 Å². The van der Waals surface area contributed by atoms with Gasteiger partial charge in [-0.3, -0.25) is 5.73 Å². The highest BCUT2D eigenvalue weighted by atomic mass is 16.6. The molecule has 7 heteroatoms. The van der Waals surface area contributed by atoms with Gasteiger partial charge in [-0.1, -0.05) is 6.07 Å². The number of benzene rings is 1. The molecule has 1 fully saturated rings. The summed E-state index contributed by atoms with van der Waals surface area (Å²) in [6, 6.07) is 3.93. The average Bonchev–Trinajstić information content (AvgIpc) is 2.94. The SMILES string of the molecule is NCOc1cccc(C(=O)O)c1OC(=O)C1CCCN1. The number of carboxylic acid groups (broad SMARTS) is 1. The molecule has 0 saturated carbocycles. The van der Waals surface area contributed by atoms with Crippen molar-refractivity contribution in [3.05, 3.63) is 23.8 Å². The molecule has 108 valence electrons. The number of aromatic carboxylic acids is 1. The van der Waals surface area contributed by atoms with Crippen molar-refractivity contribution in [1.82, 2.24) is 5.32 Å². The van der Waals surface area contributed by atoms with Gasteiger partial charge in [0, 0.05) is 0 Å². The zero-order valence-electron chi connectivity index (χ0n) is 10.8. The lowest BCUT2D eigenvalue weighted by atomic mass is 10.2. The first kappa shape index (κ1) is 14.3. The van der Waals surface area contributed by atoms with Gasteiger partial charge in [-0.15, -0.1) is 0 Å². The van der Waals surface area contributed by atoms with Gasteiger partial charge in [0.15, 0.2) is 11.5 Å². The summed E-state index contributed by atoms with van der Waals surface area (Å²) < 4.78 is 10.3. The van der Waals surface area contributed by atoms with Crippen LogP contribution in [0.25, 0.3) is 0 Å². The Hall–Kier alpha value is -2.12. The first-order valence-corrected chi connectivity index (χ1v) is 6.27. The largest absolute Gasteiger partial charge is 0.478 e. The smallest absolute Gasteiger partial charge is 0.339 e. The van der Waals surface area contributed by atoms with Crippen LogP contribution in [-0.4, -0.2) is 36.4 Å². The number of para-hydroxylation sites is 1. The Morgan fingerprint density at radius 2 is 2.25 bits per heavy atom. The second-order valence-electron chi connectivity index (χ2n) is 4.32. The summed E-state index contributed by atoms with van der Waals surface area (Å²) in [5, 5.41) is 12.1. The summed E-state index contributed by atoms with van der Waals surface area (Å²) in [7, 11) is 0. The molecule has 1 saturated heterocycles. The number of ether oxygens (including phenoxy) is 2. The van der Waals surface area contributed by atoms with Crippen molar-refractivity contribution in [3.63, 3.8) is 0 Å². The Morgan fingerprint density at radius 3 is 2.85 bits per heavy atom. The van der Waals surface area contributed by atoms with Gasteiger partial charge in [-0.25, -0.2) is 9.59 Å². The van der Waals surface area contributed by atoms with Crippen LogP contribution in [0, 0.1) is 0 Å². The average molecular weight is 280 g/mol. The van der Waals surface area contributed by atoms with Crippen LogP contribution >= 0.6 is 0 Å². The fourth-order valence-electron chi connectivity index (χ4n) is 2.05. The number of nitrogens with one attached hydrogen (secondary N) is 1. The van der Waals surface area contributed by atoms with Crippen LogP contribution in [0.15, 0.2) is 18.2 Å². The molecule has 1 aliphatic heterocycles. The number of rotatable bonds is 5. The molecule has 4 N–H and O–H groups in total. The molecule has 1 aromatic carbocycles. The van der Waals surface area contributed by atoms with Crippen LogP contribution < -0.4 is 20.5 Å². The number of nitrogens with two attached hydrogens (primary N) is 1. The Morgan fingerprint density at radius 1 is 1.45 bits per heavy atom. The lowest BCUT2D eigenvalue weighted by Gasteiger charge is -2.15. The van der Waals surface area contributed by atoms with Crippen molar-refractivity contribution in [2.75, 3.05) is 13.3 Å². The van der Waals surface area contributed by atoms with E-state index in [1.165, 1.54) is 18.2 Å². The van der Waals surface area contributed by atoms with E-state index < -0.39 is 18.0 Å². The van der Waals surface area contributed by atoms with Gasteiger partial charge in [-0.2, -0.15) is 0 Å². The van der Waals surface area contributed by atoms with Crippen molar-refractivity contribution < 1.29 is 24.2 Å². The summed E-state index contributed by atoms with van der Waals surface area (Å²) in [6.45, 7) is 0.599. The minimum atomic E-state index is -1.20. The van der Waals surface area contributed by atoms with Crippen LogP contribution in [0.3, 0.4) is 0 Å². The third-order valence-corrected chi connectivity index (χ3v) is 3.00. The highest BCUT2D eigenvalue weighted by Crippen LogP contribution is 2.32. The van der Waals surface area contributed by atoms with Crippen LogP contribution in [0.2, 0.25) is 0 Å². The van der Waals surface area contributed by atoms with Gasteiger partial charge in [0.05, 0.1) is 0 Å². The van der Waals surface area contributed by atoms with E-state index in [-0.39, 0.29) is 23.8 Å². The first-order chi connectivity index (χ1) is 9.63.